The number of thiophene rings is 1. The van der Waals surface area contributed by atoms with Crippen LogP contribution in [0.2, 0.25) is 0 Å². The van der Waals surface area contributed by atoms with Gasteiger partial charge in [0.15, 0.2) is 5.16 Å². The Hall–Kier alpha value is -8.95. The molecule has 6 N–H and O–H groups in total. The fourth-order valence-corrected chi connectivity index (χ4v) is 11.9. The number of benzene rings is 5. The Bertz CT molecular complexity index is 3830. The van der Waals surface area contributed by atoms with E-state index in [2.05, 4.69) is 79.8 Å². The number of nitrogen functional groups attached to an aromatic ring is 1. The predicted octanol–water partition coefficient (Wildman–Crippen LogP) is 10.1. The molecule has 1 aliphatic rings. The molecular weight excluding hydrogens is 1070 g/mol. The number of nitrogens with two attached hydrogens (primary N) is 1. The van der Waals surface area contributed by atoms with E-state index in [1.165, 1.54) is 23.1 Å². The summed E-state index contributed by atoms with van der Waals surface area (Å²) >= 11 is 2.63. The van der Waals surface area contributed by atoms with Crippen molar-refractivity contribution in [2.24, 2.45) is 0 Å². The number of rotatable bonds is 18. The number of amides is 4. The van der Waals surface area contributed by atoms with Crippen LogP contribution in [-0.4, -0.2) is 87.5 Å². The average Bonchev–Trinajstić information content (AvgIpc) is 1.77. The molecule has 420 valence electrons. The van der Waals surface area contributed by atoms with Gasteiger partial charge < -0.3 is 36.6 Å². The lowest BCUT2D eigenvalue weighted by Gasteiger charge is -2.51. The van der Waals surface area contributed by atoms with E-state index in [1.54, 1.807) is 22.5 Å². The molecule has 0 fully saturated rings. The van der Waals surface area contributed by atoms with Crippen molar-refractivity contribution in [3.63, 3.8) is 0 Å². The number of hydrogen-bond donors (Lipinski definition) is 5. The number of thioether (sulfide) groups is 1. The van der Waals surface area contributed by atoms with Crippen LogP contribution >= 0.6 is 23.1 Å². The van der Waals surface area contributed by atoms with Crippen molar-refractivity contribution in [3.8, 4) is 28.1 Å². The van der Waals surface area contributed by atoms with E-state index in [0.717, 1.165) is 33.5 Å². The first kappa shape index (κ1) is 56.3. The highest BCUT2D eigenvalue weighted by molar-refractivity contribution is 7.98. The van der Waals surface area contributed by atoms with Crippen molar-refractivity contribution in [2.75, 3.05) is 34.1 Å². The predicted molar refractivity (Wildman–Crippen MR) is 322 cm³/mol. The fourth-order valence-electron chi connectivity index (χ4n) is 10.5. The Morgan fingerprint density at radius 3 is 2.15 bits per heavy atom. The first-order valence-electron chi connectivity index (χ1n) is 26.7. The van der Waals surface area contributed by atoms with Gasteiger partial charge in [0.2, 0.25) is 11.8 Å². The molecule has 5 heterocycles. The van der Waals surface area contributed by atoms with Crippen LogP contribution in [0.15, 0.2) is 139 Å². The molecule has 9 aromatic rings. The van der Waals surface area contributed by atoms with Gasteiger partial charge in [0.05, 0.1) is 55.3 Å². The minimum atomic E-state index is -0.537. The largest absolute Gasteiger partial charge is 0.487 e. The third-order valence-corrected chi connectivity index (χ3v) is 15.8. The number of anilines is 4. The summed E-state index contributed by atoms with van der Waals surface area (Å²) < 4.78 is 9.59. The zero-order chi connectivity index (χ0) is 57.9. The Kier molecular flexibility index (Phi) is 16.0. The van der Waals surface area contributed by atoms with Crippen molar-refractivity contribution < 1.29 is 23.9 Å². The van der Waals surface area contributed by atoms with Crippen molar-refractivity contribution in [3.05, 3.63) is 167 Å². The first-order chi connectivity index (χ1) is 39.2. The van der Waals surface area contributed by atoms with Gasteiger partial charge in [-0.25, -0.2) is 9.97 Å². The summed E-state index contributed by atoms with van der Waals surface area (Å²) in [6, 6.07) is 38.9. The van der Waals surface area contributed by atoms with Crippen LogP contribution in [0.3, 0.4) is 0 Å². The maximum atomic E-state index is 13.6. The van der Waals surface area contributed by atoms with E-state index in [0.29, 0.717) is 85.2 Å². The lowest BCUT2D eigenvalue weighted by molar-refractivity contribution is -0.119. The van der Waals surface area contributed by atoms with Crippen LogP contribution in [0, 0.1) is 0 Å². The van der Waals surface area contributed by atoms with E-state index in [4.69, 9.17) is 15.5 Å². The molecule has 0 saturated heterocycles. The molecule has 0 unspecified atom stereocenters. The smallest absolute Gasteiger partial charge is 0.263 e. The minimum Gasteiger partial charge on any atom is -0.487 e. The Labute approximate surface area is 483 Å². The maximum absolute atomic E-state index is 13.6. The molecule has 1 atom stereocenters. The van der Waals surface area contributed by atoms with Gasteiger partial charge in [0.25, 0.3) is 11.8 Å². The molecule has 0 aliphatic carbocycles. The fraction of sp³-hybridized carbons (Fsp3) is 0.279. The number of carbonyl (C=O) groups is 4. The van der Waals surface area contributed by atoms with Gasteiger partial charge in [-0.2, -0.15) is 0 Å². The van der Waals surface area contributed by atoms with Gasteiger partial charge in [0.1, 0.15) is 33.5 Å². The first-order valence-corrected chi connectivity index (χ1v) is 28.8. The van der Waals surface area contributed by atoms with Crippen LogP contribution in [0.1, 0.15) is 97.4 Å². The minimum absolute atomic E-state index is 0.000697. The van der Waals surface area contributed by atoms with E-state index in [-0.39, 0.29) is 43.3 Å². The molecule has 0 radical (unpaired) electrons. The quantitative estimate of drug-likeness (QED) is 0.0397. The Morgan fingerprint density at radius 2 is 1.45 bits per heavy atom. The summed E-state index contributed by atoms with van der Waals surface area (Å²) in [5.41, 5.74) is 14.8. The van der Waals surface area contributed by atoms with Crippen LogP contribution in [0.5, 0.6) is 5.75 Å². The van der Waals surface area contributed by atoms with Gasteiger partial charge in [0, 0.05) is 51.6 Å². The highest BCUT2D eigenvalue weighted by atomic mass is 32.2. The molecule has 82 heavy (non-hydrogen) atoms. The number of aromatic nitrogens is 8. The lowest BCUT2D eigenvalue weighted by atomic mass is 9.65. The molecule has 0 spiro atoms. The number of aryl methyl sites for hydroxylation is 2. The SMILES string of the molecule is CSc1nc(-c2cccc(NCC(=O)NCc3cn(CCn4cc(COc5ccc([C@@]6(C)CC(C)(C)N(C(C)=O)c7ccc(NC(=O)c8ccc(-c9ccccc9)cc8)cc76)cc5)nn4)nn3)c2)c2c(N)c(C(=O)NC(C)(C)C)sc2n1. The highest BCUT2D eigenvalue weighted by Gasteiger charge is 2.47. The summed E-state index contributed by atoms with van der Waals surface area (Å²) in [7, 11) is 0. The lowest BCUT2D eigenvalue weighted by Crippen LogP contribution is -2.55. The van der Waals surface area contributed by atoms with Crippen molar-refractivity contribution >= 4 is 79.7 Å². The van der Waals surface area contributed by atoms with Gasteiger partial charge in [-0.3, -0.25) is 28.5 Å². The molecule has 0 saturated carbocycles. The number of carbonyl (C=O) groups excluding carboxylic acids is 4. The standard InChI is InChI=1S/C61H64N14O5S2/c1-37(76)75-49-26-23-44(65-55(78)40-19-17-39(18-20-40)38-13-10-9-11-14-38)30-48(49)61(7,36-60(75,5)6)42-21-24-47(25-22-42)80-35-46-34-74(72-70-46)28-27-73-33-45(69-71-73)31-64-50(77)32-63-43-16-12-15-41(29-43)53-51-52(62)54(56(79)68-59(2,3)4)82-57(51)67-58(66-53)81-8/h9-26,29-30,33-34,63H,27-28,31-32,35-36,62H2,1-8H3,(H,64,77)(H,65,78)(H,68,79)/t61-/m1/s1. The van der Waals surface area contributed by atoms with Crippen LogP contribution in [0.25, 0.3) is 32.6 Å². The van der Waals surface area contributed by atoms with Crippen LogP contribution in [-0.2, 0) is 41.2 Å². The van der Waals surface area contributed by atoms with E-state index >= 15 is 0 Å². The summed E-state index contributed by atoms with van der Waals surface area (Å²) in [4.78, 5) is 65.3. The van der Waals surface area contributed by atoms with E-state index in [9.17, 15) is 19.2 Å². The topological polar surface area (TPSA) is 242 Å². The summed E-state index contributed by atoms with van der Waals surface area (Å²) in [5, 5.41) is 30.5. The number of hydrogen-bond acceptors (Lipinski definition) is 15. The second-order valence-electron chi connectivity index (χ2n) is 22.1. The molecule has 5 aromatic carbocycles. The van der Waals surface area contributed by atoms with Gasteiger partial charge in [-0.1, -0.05) is 95.8 Å². The molecule has 21 heteroatoms. The summed E-state index contributed by atoms with van der Waals surface area (Å²) in [6.45, 7) is 15.0. The summed E-state index contributed by atoms with van der Waals surface area (Å²) in [6.07, 6.45) is 6.12. The monoisotopic (exact) mass is 1140 g/mol. The zero-order valence-corrected chi connectivity index (χ0v) is 48.5. The molecule has 1 aliphatic heterocycles. The van der Waals surface area contributed by atoms with Crippen LogP contribution < -0.4 is 36.6 Å². The third-order valence-electron chi connectivity index (χ3n) is 14.2. The Balaban J connectivity index is 0.713. The number of fused-ring (bicyclic) bond motifs is 2. The van der Waals surface area contributed by atoms with Crippen molar-refractivity contribution in [2.45, 2.75) is 103 Å². The van der Waals surface area contributed by atoms with Crippen molar-refractivity contribution in [1.29, 1.82) is 0 Å². The van der Waals surface area contributed by atoms with Gasteiger partial charge in [-0.15, -0.1) is 21.5 Å². The van der Waals surface area contributed by atoms with Gasteiger partial charge >= 0.3 is 0 Å². The second kappa shape index (κ2) is 23.3. The molecule has 4 amide bonds. The van der Waals surface area contributed by atoms with E-state index in [1.807, 2.05) is 147 Å². The summed E-state index contributed by atoms with van der Waals surface area (Å²) in [5.74, 6) is -0.136. The van der Waals surface area contributed by atoms with E-state index < -0.39 is 16.5 Å². The molecular formula is C61H64N14O5S2. The molecule has 10 rings (SSSR count). The second-order valence-corrected chi connectivity index (χ2v) is 23.8. The highest BCUT2D eigenvalue weighted by Crippen LogP contribution is 2.51. The maximum Gasteiger partial charge on any atom is 0.263 e. The average molecular weight is 1140 g/mol. The molecule has 0 bridgehead atoms. The number of nitrogens with zero attached hydrogens (tertiary/aromatic N) is 9. The third kappa shape index (κ3) is 12.5. The van der Waals surface area contributed by atoms with Crippen LogP contribution in [0.4, 0.5) is 22.7 Å². The number of nitrogens with one attached hydrogen (secondary N) is 4. The number of ether oxygens (including phenoxy) is 1. The molecule has 19 nitrogen and oxygen atoms in total. The molecule has 4 aromatic heterocycles. The van der Waals surface area contributed by atoms with Crippen molar-refractivity contribution in [1.82, 2.24) is 50.6 Å². The zero-order valence-electron chi connectivity index (χ0n) is 46.9. The normalized spacial score (nSPS) is 14.7. The van der Waals surface area contributed by atoms with Gasteiger partial charge in [-0.05, 0) is 124 Å². The Morgan fingerprint density at radius 1 is 0.768 bits per heavy atom.